The van der Waals surface area contributed by atoms with Crippen LogP contribution in [0.5, 0.6) is 0 Å². The van der Waals surface area contributed by atoms with Crippen LogP contribution in [0.25, 0.3) is 27.9 Å². The first-order valence-electron chi connectivity index (χ1n) is 8.56. The van der Waals surface area contributed by atoms with Crippen LogP contribution in [-0.4, -0.2) is 19.4 Å². The van der Waals surface area contributed by atoms with Crippen LogP contribution in [0.15, 0.2) is 78.2 Å². The summed E-state index contributed by atoms with van der Waals surface area (Å²) in [6.45, 7) is 0. The normalized spacial score (nSPS) is 11.4. The molecule has 27 heavy (non-hydrogen) atoms. The molecule has 5 rings (SSSR count). The number of H-pyrrole nitrogens is 1. The molecule has 0 aliphatic carbocycles. The molecule has 0 aliphatic rings. The summed E-state index contributed by atoms with van der Waals surface area (Å²) < 4.78 is 2.12. The Labute approximate surface area is 165 Å². The number of thioether (sulfide) groups is 1. The minimum atomic E-state index is 0.732. The molecule has 0 bridgehead atoms. The van der Waals surface area contributed by atoms with Crippen molar-refractivity contribution in [2.45, 2.75) is 10.9 Å². The van der Waals surface area contributed by atoms with Crippen molar-refractivity contribution in [3.8, 4) is 11.3 Å². The van der Waals surface area contributed by atoms with Crippen molar-refractivity contribution >= 4 is 40.0 Å². The van der Waals surface area contributed by atoms with Gasteiger partial charge < -0.3 is 4.98 Å². The van der Waals surface area contributed by atoms with E-state index in [9.17, 15) is 0 Å². The number of benzene rings is 2. The van der Waals surface area contributed by atoms with Gasteiger partial charge in [-0.3, -0.25) is 4.40 Å². The maximum atomic E-state index is 6.01. The van der Waals surface area contributed by atoms with Gasteiger partial charge >= 0.3 is 0 Å². The van der Waals surface area contributed by atoms with Crippen molar-refractivity contribution in [1.29, 1.82) is 0 Å². The number of halogens is 1. The van der Waals surface area contributed by atoms with E-state index in [4.69, 9.17) is 11.6 Å². The number of hydrogen-bond donors (Lipinski definition) is 1. The number of fused-ring (bicyclic) bond motifs is 2. The second-order valence-corrected chi connectivity index (χ2v) is 7.63. The summed E-state index contributed by atoms with van der Waals surface area (Å²) in [5.41, 5.74) is 6.33. The standard InChI is InChI=1S/C21H15ClN4S/c22-16-9-7-14(8-10-16)19-12-23-20-15(4-3-11-26(19)20)13-27-21-24-17-5-1-2-6-18(17)25-21/h1-12H,13H2,(H,24,25). The number of rotatable bonds is 4. The van der Waals surface area contributed by atoms with E-state index in [0.717, 1.165) is 43.9 Å². The van der Waals surface area contributed by atoms with Gasteiger partial charge in [0.15, 0.2) is 5.16 Å². The molecule has 4 nitrogen and oxygen atoms in total. The summed E-state index contributed by atoms with van der Waals surface area (Å²) in [5.74, 6) is 0.793. The maximum absolute atomic E-state index is 6.01. The molecule has 1 N–H and O–H groups in total. The van der Waals surface area contributed by atoms with Crippen molar-refractivity contribution in [3.05, 3.63) is 83.6 Å². The van der Waals surface area contributed by atoms with Crippen LogP contribution in [0.3, 0.4) is 0 Å². The first-order valence-corrected chi connectivity index (χ1v) is 9.93. The molecule has 6 heteroatoms. The Morgan fingerprint density at radius 1 is 1.00 bits per heavy atom. The van der Waals surface area contributed by atoms with Crippen molar-refractivity contribution in [1.82, 2.24) is 19.4 Å². The second kappa shape index (κ2) is 6.76. The van der Waals surface area contributed by atoms with E-state index < -0.39 is 0 Å². The lowest BCUT2D eigenvalue weighted by Crippen LogP contribution is -1.92. The summed E-state index contributed by atoms with van der Waals surface area (Å²) in [6.07, 6.45) is 3.95. The molecule has 2 aromatic carbocycles. The Balaban J connectivity index is 1.46. The SMILES string of the molecule is Clc1ccc(-c2cnc3c(CSc4nc5ccccc5[nH]4)cccn23)cc1. The zero-order valence-electron chi connectivity index (χ0n) is 14.3. The number of pyridine rings is 1. The second-order valence-electron chi connectivity index (χ2n) is 6.23. The third-order valence-electron chi connectivity index (χ3n) is 4.49. The van der Waals surface area contributed by atoms with Gasteiger partial charge in [-0.1, -0.05) is 53.7 Å². The minimum absolute atomic E-state index is 0.732. The summed E-state index contributed by atoms with van der Waals surface area (Å²) in [6, 6.07) is 20.1. The smallest absolute Gasteiger partial charge is 0.166 e. The van der Waals surface area contributed by atoms with Crippen LogP contribution < -0.4 is 0 Å². The summed E-state index contributed by atoms with van der Waals surface area (Å²) >= 11 is 7.69. The van der Waals surface area contributed by atoms with E-state index in [1.165, 1.54) is 5.56 Å². The largest absolute Gasteiger partial charge is 0.333 e. The van der Waals surface area contributed by atoms with Gasteiger partial charge in [0.05, 0.1) is 22.9 Å². The van der Waals surface area contributed by atoms with Crippen molar-refractivity contribution in [2.75, 3.05) is 0 Å². The van der Waals surface area contributed by atoms with E-state index in [-0.39, 0.29) is 0 Å². The highest BCUT2D eigenvalue weighted by atomic mass is 35.5. The first-order chi connectivity index (χ1) is 13.3. The zero-order valence-corrected chi connectivity index (χ0v) is 15.8. The van der Waals surface area contributed by atoms with Crippen LogP contribution in [0.1, 0.15) is 5.56 Å². The van der Waals surface area contributed by atoms with Crippen molar-refractivity contribution in [3.63, 3.8) is 0 Å². The number of imidazole rings is 2. The van der Waals surface area contributed by atoms with Crippen LogP contribution in [0, 0.1) is 0 Å². The predicted octanol–water partition coefficient (Wildman–Crippen LogP) is 5.82. The van der Waals surface area contributed by atoms with Gasteiger partial charge in [-0.15, -0.1) is 0 Å². The fourth-order valence-electron chi connectivity index (χ4n) is 3.16. The average Bonchev–Trinajstić information content (AvgIpc) is 3.31. The number of nitrogens with one attached hydrogen (secondary N) is 1. The topological polar surface area (TPSA) is 46.0 Å². The Hall–Kier alpha value is -2.76. The fraction of sp³-hybridized carbons (Fsp3) is 0.0476. The van der Waals surface area contributed by atoms with Gasteiger partial charge in [0, 0.05) is 28.1 Å². The molecule has 0 saturated carbocycles. The molecule has 0 aliphatic heterocycles. The third kappa shape index (κ3) is 3.09. The fourth-order valence-corrected chi connectivity index (χ4v) is 4.15. The molecule has 5 aromatic rings. The summed E-state index contributed by atoms with van der Waals surface area (Å²) in [7, 11) is 0. The predicted molar refractivity (Wildman–Crippen MR) is 111 cm³/mol. The minimum Gasteiger partial charge on any atom is -0.333 e. The van der Waals surface area contributed by atoms with E-state index in [0.29, 0.717) is 0 Å². The van der Waals surface area contributed by atoms with Gasteiger partial charge in [0.2, 0.25) is 0 Å². The average molecular weight is 391 g/mol. The molecule has 0 unspecified atom stereocenters. The Morgan fingerprint density at radius 3 is 2.70 bits per heavy atom. The number of nitrogens with zero attached hydrogens (tertiary/aromatic N) is 3. The highest BCUT2D eigenvalue weighted by molar-refractivity contribution is 7.98. The van der Waals surface area contributed by atoms with Gasteiger partial charge in [-0.05, 0) is 30.3 Å². The van der Waals surface area contributed by atoms with Crippen molar-refractivity contribution in [2.24, 2.45) is 0 Å². The third-order valence-corrected chi connectivity index (χ3v) is 5.66. The Bertz CT molecular complexity index is 1210. The summed E-state index contributed by atoms with van der Waals surface area (Å²) in [4.78, 5) is 12.7. The molecule has 0 amide bonds. The van der Waals surface area contributed by atoms with Crippen LogP contribution >= 0.6 is 23.4 Å². The molecule has 0 atom stereocenters. The molecule has 0 spiro atoms. The van der Waals surface area contributed by atoms with Gasteiger partial charge in [-0.25, -0.2) is 9.97 Å². The Kier molecular flexibility index (Phi) is 4.11. The van der Waals surface area contributed by atoms with Crippen molar-refractivity contribution < 1.29 is 0 Å². The molecule has 3 aromatic heterocycles. The molecule has 132 valence electrons. The van der Waals surface area contributed by atoms with E-state index >= 15 is 0 Å². The molecule has 0 fully saturated rings. The monoisotopic (exact) mass is 390 g/mol. The lowest BCUT2D eigenvalue weighted by Gasteiger charge is -2.05. The quantitative estimate of drug-likeness (QED) is 0.393. The number of hydrogen-bond acceptors (Lipinski definition) is 3. The van der Waals surface area contributed by atoms with E-state index in [1.807, 2.05) is 60.9 Å². The number of aromatic amines is 1. The van der Waals surface area contributed by atoms with Gasteiger partial charge in [-0.2, -0.15) is 0 Å². The highest BCUT2D eigenvalue weighted by Crippen LogP contribution is 2.28. The van der Waals surface area contributed by atoms with E-state index in [1.54, 1.807) is 11.8 Å². The molecular formula is C21H15ClN4S. The maximum Gasteiger partial charge on any atom is 0.166 e. The molecule has 3 heterocycles. The first kappa shape index (κ1) is 16.4. The molecular weight excluding hydrogens is 376 g/mol. The van der Waals surface area contributed by atoms with Crippen LogP contribution in [-0.2, 0) is 5.75 Å². The van der Waals surface area contributed by atoms with Crippen LogP contribution in [0.4, 0.5) is 0 Å². The Morgan fingerprint density at radius 2 is 1.85 bits per heavy atom. The number of para-hydroxylation sites is 2. The van der Waals surface area contributed by atoms with Gasteiger partial charge in [0.25, 0.3) is 0 Å². The lowest BCUT2D eigenvalue weighted by molar-refractivity contribution is 1.08. The van der Waals surface area contributed by atoms with E-state index in [2.05, 4.69) is 31.5 Å². The highest BCUT2D eigenvalue weighted by Gasteiger charge is 2.10. The molecule has 0 saturated heterocycles. The number of aromatic nitrogens is 4. The van der Waals surface area contributed by atoms with Crippen LogP contribution in [0.2, 0.25) is 5.02 Å². The zero-order chi connectivity index (χ0) is 18.2. The van der Waals surface area contributed by atoms with Gasteiger partial charge in [0.1, 0.15) is 5.65 Å². The molecule has 0 radical (unpaired) electrons. The lowest BCUT2D eigenvalue weighted by atomic mass is 10.2. The summed E-state index contributed by atoms with van der Waals surface area (Å²) in [5, 5.41) is 1.65.